The van der Waals surface area contributed by atoms with Crippen molar-refractivity contribution in [2.75, 3.05) is 12.4 Å². The maximum absolute atomic E-state index is 14.1. The molecule has 0 aliphatic heterocycles. The monoisotopic (exact) mass is 605 g/mol. The molecule has 0 saturated carbocycles. The quantitative estimate of drug-likeness (QED) is 0.183. The molecule has 0 fully saturated rings. The van der Waals surface area contributed by atoms with E-state index in [1.807, 2.05) is 51.9 Å². The number of carbonyl (C=O) groups is 1. The number of rotatable bonds is 7. The van der Waals surface area contributed by atoms with E-state index >= 15 is 0 Å². The van der Waals surface area contributed by atoms with E-state index in [-0.39, 0.29) is 0 Å². The predicted molar refractivity (Wildman–Crippen MR) is 143 cm³/mol. The number of pyridine rings is 1. The summed E-state index contributed by atoms with van der Waals surface area (Å²) in [5.41, 5.74) is 2.27. The molecule has 0 aliphatic rings. The van der Waals surface area contributed by atoms with Gasteiger partial charge >= 0.3 is 5.97 Å². The fourth-order valence-corrected chi connectivity index (χ4v) is 5.74. The highest BCUT2D eigenvalue weighted by atomic mass is 127. The molecule has 0 bridgehead atoms. The first-order chi connectivity index (χ1) is 16.6. The standard InChI is InChI=1S/C23H17FIN5O2S2/c1-32-23(31)18(9-13-5-3-2-4-6-13)27-19-15-7-8-33-22(15)29-20(28-19)17-12-30(34-25)21-16(17)10-14(24)11-26-21/h2-8,10-12,18H,9H2,1H3,(H,27,28,29). The number of thiophene rings is 1. The van der Waals surface area contributed by atoms with Crippen molar-refractivity contribution in [1.29, 1.82) is 0 Å². The zero-order valence-corrected chi connectivity index (χ0v) is 21.5. The molecule has 1 unspecified atom stereocenters. The Morgan fingerprint density at radius 3 is 2.85 bits per heavy atom. The first-order valence-electron chi connectivity index (χ1n) is 10.2. The van der Waals surface area contributed by atoms with Crippen molar-refractivity contribution in [3.63, 3.8) is 0 Å². The Bertz CT molecular complexity index is 1490. The zero-order valence-electron chi connectivity index (χ0n) is 17.7. The van der Waals surface area contributed by atoms with Crippen LogP contribution in [0.2, 0.25) is 0 Å². The molecular weight excluding hydrogens is 588 g/mol. The fraction of sp³-hybridized carbons (Fsp3) is 0.130. The molecule has 0 radical (unpaired) electrons. The van der Waals surface area contributed by atoms with E-state index < -0.39 is 17.8 Å². The summed E-state index contributed by atoms with van der Waals surface area (Å²) in [4.78, 5) is 27.1. The molecule has 1 aromatic carbocycles. The summed E-state index contributed by atoms with van der Waals surface area (Å²) in [6, 6.07) is 12.4. The van der Waals surface area contributed by atoms with Gasteiger partial charge in [0.2, 0.25) is 0 Å². The third-order valence-corrected chi connectivity index (χ3v) is 7.80. The molecule has 0 amide bonds. The molecule has 4 aromatic heterocycles. The van der Waals surface area contributed by atoms with Crippen LogP contribution in [0.25, 0.3) is 32.6 Å². The van der Waals surface area contributed by atoms with Crippen LogP contribution >= 0.6 is 41.7 Å². The van der Waals surface area contributed by atoms with E-state index in [1.54, 1.807) is 0 Å². The van der Waals surface area contributed by atoms with Crippen LogP contribution in [0.1, 0.15) is 5.56 Å². The lowest BCUT2D eigenvalue weighted by atomic mass is 10.1. The molecule has 7 nitrogen and oxygen atoms in total. The normalized spacial score (nSPS) is 12.2. The number of esters is 1. The first kappa shape index (κ1) is 23.0. The lowest BCUT2D eigenvalue weighted by Crippen LogP contribution is -2.33. The molecule has 1 atom stereocenters. The molecule has 1 N–H and O–H groups in total. The molecule has 11 heteroatoms. The maximum Gasteiger partial charge on any atom is 0.328 e. The highest BCUT2D eigenvalue weighted by molar-refractivity contribution is 14.2. The number of halogens is 2. The number of nitrogens with zero attached hydrogens (tertiary/aromatic N) is 4. The summed E-state index contributed by atoms with van der Waals surface area (Å²) < 4.78 is 20.9. The Labute approximate surface area is 214 Å². The summed E-state index contributed by atoms with van der Waals surface area (Å²) in [7, 11) is 2.79. The van der Waals surface area contributed by atoms with Crippen LogP contribution in [0.4, 0.5) is 10.2 Å². The number of methoxy groups -OCH3 is 1. The minimum atomic E-state index is -0.649. The summed E-state index contributed by atoms with van der Waals surface area (Å²) in [5.74, 6) is 0.105. The van der Waals surface area contributed by atoms with Gasteiger partial charge in [0, 0.05) is 53.9 Å². The van der Waals surface area contributed by atoms with Gasteiger partial charge in [0.15, 0.2) is 11.5 Å². The minimum absolute atomic E-state index is 0.392. The van der Waals surface area contributed by atoms with Gasteiger partial charge in [-0.15, -0.1) is 11.3 Å². The average Bonchev–Trinajstić information content (AvgIpc) is 3.48. The Balaban J connectivity index is 1.61. The van der Waals surface area contributed by atoms with E-state index in [1.165, 1.54) is 39.8 Å². The van der Waals surface area contributed by atoms with Crippen LogP contribution < -0.4 is 5.32 Å². The fourth-order valence-electron chi connectivity index (χ4n) is 3.72. The average molecular weight is 605 g/mol. The van der Waals surface area contributed by atoms with Gasteiger partial charge in [-0.25, -0.2) is 24.1 Å². The second-order valence-corrected chi connectivity index (χ2v) is 10.0. The number of aromatic nitrogens is 4. The molecular formula is C23H17FIN5O2S2. The lowest BCUT2D eigenvalue weighted by Gasteiger charge is -2.18. The van der Waals surface area contributed by atoms with E-state index in [0.717, 1.165) is 15.8 Å². The zero-order chi connectivity index (χ0) is 23.7. The van der Waals surface area contributed by atoms with Crippen LogP contribution in [-0.2, 0) is 16.0 Å². The van der Waals surface area contributed by atoms with Crippen LogP contribution in [0.3, 0.4) is 0 Å². The van der Waals surface area contributed by atoms with Crippen molar-refractivity contribution in [1.82, 2.24) is 18.9 Å². The number of benzene rings is 1. The molecule has 34 heavy (non-hydrogen) atoms. The van der Waals surface area contributed by atoms with Gasteiger partial charge in [0.1, 0.15) is 22.5 Å². The SMILES string of the molecule is COC(=O)C(Cc1ccccc1)Nc1nc(-c2cn(SI)c3ncc(F)cc23)nc2sccc12. The van der Waals surface area contributed by atoms with E-state index in [2.05, 4.69) is 31.5 Å². The van der Waals surface area contributed by atoms with Crippen molar-refractivity contribution in [3.05, 3.63) is 71.6 Å². The Morgan fingerprint density at radius 1 is 1.26 bits per heavy atom. The summed E-state index contributed by atoms with van der Waals surface area (Å²) in [6.45, 7) is 0. The highest BCUT2D eigenvalue weighted by Gasteiger charge is 2.23. The number of ether oxygens (including phenoxy) is 1. The van der Waals surface area contributed by atoms with E-state index in [0.29, 0.717) is 34.7 Å². The molecule has 4 heterocycles. The number of carbonyl (C=O) groups excluding carboxylic acids is 1. The van der Waals surface area contributed by atoms with Crippen LogP contribution in [0.5, 0.6) is 0 Å². The van der Waals surface area contributed by atoms with Crippen molar-refractivity contribution in [2.24, 2.45) is 0 Å². The highest BCUT2D eigenvalue weighted by Crippen LogP contribution is 2.35. The minimum Gasteiger partial charge on any atom is -0.467 e. The smallest absolute Gasteiger partial charge is 0.328 e. The van der Waals surface area contributed by atoms with Gasteiger partial charge in [-0.05, 0) is 23.1 Å². The number of anilines is 1. The molecule has 0 spiro atoms. The van der Waals surface area contributed by atoms with Gasteiger partial charge in [0.05, 0.1) is 18.7 Å². The van der Waals surface area contributed by atoms with E-state index in [4.69, 9.17) is 14.7 Å². The third kappa shape index (κ3) is 4.46. The Hall–Kier alpha value is -2.77. The van der Waals surface area contributed by atoms with Crippen molar-refractivity contribution >= 4 is 74.7 Å². The molecule has 5 rings (SSSR count). The number of nitrogens with one attached hydrogen (secondary N) is 1. The molecule has 172 valence electrons. The van der Waals surface area contributed by atoms with Crippen molar-refractivity contribution in [3.8, 4) is 11.4 Å². The summed E-state index contributed by atoms with van der Waals surface area (Å²) in [5, 5.41) is 6.61. The van der Waals surface area contributed by atoms with Gasteiger partial charge in [-0.2, -0.15) is 0 Å². The van der Waals surface area contributed by atoms with E-state index in [9.17, 15) is 9.18 Å². The second-order valence-electron chi connectivity index (χ2n) is 7.41. The van der Waals surface area contributed by atoms with Gasteiger partial charge in [-0.3, -0.25) is 3.97 Å². The third-order valence-electron chi connectivity index (χ3n) is 5.30. The maximum atomic E-state index is 14.1. The summed E-state index contributed by atoms with van der Waals surface area (Å²) >= 11 is 3.61. The molecule has 5 aromatic rings. The lowest BCUT2D eigenvalue weighted by molar-refractivity contribution is -0.141. The van der Waals surface area contributed by atoms with Crippen LogP contribution in [-0.4, -0.2) is 38.0 Å². The predicted octanol–water partition coefficient (Wildman–Crippen LogP) is 5.89. The van der Waals surface area contributed by atoms with Crippen LogP contribution in [0, 0.1) is 5.82 Å². The first-order valence-corrected chi connectivity index (χ1v) is 14.4. The van der Waals surface area contributed by atoms with Crippen LogP contribution in [0.15, 0.2) is 60.2 Å². The van der Waals surface area contributed by atoms with Gasteiger partial charge < -0.3 is 10.1 Å². The number of hydrogen-bond donors (Lipinski definition) is 1. The van der Waals surface area contributed by atoms with Crippen molar-refractivity contribution in [2.45, 2.75) is 12.5 Å². The molecule has 0 aliphatic carbocycles. The number of fused-ring (bicyclic) bond motifs is 2. The second kappa shape index (κ2) is 9.84. The van der Waals surface area contributed by atoms with Gasteiger partial charge in [0.25, 0.3) is 0 Å². The molecule has 0 saturated heterocycles. The van der Waals surface area contributed by atoms with Gasteiger partial charge in [-0.1, -0.05) is 30.3 Å². The Morgan fingerprint density at radius 2 is 2.09 bits per heavy atom. The Kier molecular flexibility index (Phi) is 6.66. The number of hydrogen-bond acceptors (Lipinski definition) is 8. The summed E-state index contributed by atoms with van der Waals surface area (Å²) in [6.07, 6.45) is 3.46. The van der Waals surface area contributed by atoms with Crippen molar-refractivity contribution < 1.29 is 13.9 Å². The topological polar surface area (TPSA) is 81.9 Å². The largest absolute Gasteiger partial charge is 0.467 e.